The SMILES string of the molecule is COC1CCOCC1F. The second-order valence-electron chi connectivity index (χ2n) is 2.15. The predicted molar refractivity (Wildman–Crippen MR) is 31.1 cm³/mol. The molecule has 0 radical (unpaired) electrons. The number of methoxy groups -OCH3 is 1. The fourth-order valence-electron chi connectivity index (χ4n) is 0.949. The molecule has 2 unspecified atom stereocenters. The van der Waals surface area contributed by atoms with E-state index in [2.05, 4.69) is 0 Å². The summed E-state index contributed by atoms with van der Waals surface area (Å²) in [5, 5.41) is 0. The van der Waals surface area contributed by atoms with Crippen LogP contribution in [0.5, 0.6) is 0 Å². The maximum absolute atomic E-state index is 12.6. The molecule has 0 aliphatic carbocycles. The highest BCUT2D eigenvalue weighted by molar-refractivity contribution is 4.72. The molecule has 1 heterocycles. The Bertz CT molecular complexity index is 87.1. The molecule has 1 aliphatic rings. The second kappa shape index (κ2) is 3.13. The lowest BCUT2D eigenvalue weighted by Crippen LogP contribution is -2.34. The van der Waals surface area contributed by atoms with Crippen molar-refractivity contribution in [3.63, 3.8) is 0 Å². The van der Waals surface area contributed by atoms with Crippen LogP contribution in [-0.2, 0) is 9.47 Å². The molecular weight excluding hydrogens is 123 g/mol. The zero-order chi connectivity index (χ0) is 6.69. The first-order valence-electron chi connectivity index (χ1n) is 3.09. The predicted octanol–water partition coefficient (Wildman–Crippen LogP) is 0.760. The first-order chi connectivity index (χ1) is 4.34. The van der Waals surface area contributed by atoms with Crippen molar-refractivity contribution in [3.8, 4) is 0 Å². The minimum absolute atomic E-state index is 0.193. The molecule has 54 valence electrons. The van der Waals surface area contributed by atoms with Gasteiger partial charge in [0.1, 0.15) is 6.17 Å². The average Bonchev–Trinajstić information content (AvgIpc) is 1.89. The summed E-state index contributed by atoms with van der Waals surface area (Å²) in [4.78, 5) is 0. The number of halogens is 1. The third kappa shape index (κ3) is 1.63. The van der Waals surface area contributed by atoms with Crippen LogP contribution in [0.4, 0.5) is 4.39 Å². The van der Waals surface area contributed by atoms with Gasteiger partial charge in [-0.25, -0.2) is 4.39 Å². The molecule has 0 aromatic rings. The number of hydrogen-bond acceptors (Lipinski definition) is 2. The first kappa shape index (κ1) is 6.96. The Morgan fingerprint density at radius 3 is 2.89 bits per heavy atom. The van der Waals surface area contributed by atoms with Gasteiger partial charge in [-0.3, -0.25) is 0 Å². The highest BCUT2D eigenvalue weighted by Crippen LogP contribution is 2.13. The molecule has 9 heavy (non-hydrogen) atoms. The molecule has 0 aromatic heterocycles. The summed E-state index contributed by atoms with van der Waals surface area (Å²) in [5.74, 6) is 0. The molecule has 0 N–H and O–H groups in total. The van der Waals surface area contributed by atoms with E-state index in [1.807, 2.05) is 0 Å². The second-order valence-corrected chi connectivity index (χ2v) is 2.15. The Kier molecular flexibility index (Phi) is 2.42. The van der Waals surface area contributed by atoms with Crippen LogP contribution < -0.4 is 0 Å². The summed E-state index contributed by atoms with van der Waals surface area (Å²) < 4.78 is 22.3. The lowest BCUT2D eigenvalue weighted by atomic mass is 10.1. The largest absolute Gasteiger partial charge is 0.378 e. The van der Waals surface area contributed by atoms with Gasteiger partial charge in [0.2, 0.25) is 0 Å². The molecule has 3 heteroatoms. The Balaban J connectivity index is 2.30. The average molecular weight is 134 g/mol. The summed E-state index contributed by atoms with van der Waals surface area (Å²) in [5.41, 5.74) is 0. The van der Waals surface area contributed by atoms with E-state index in [0.717, 1.165) is 0 Å². The van der Waals surface area contributed by atoms with Crippen molar-refractivity contribution in [1.29, 1.82) is 0 Å². The molecule has 0 spiro atoms. The van der Waals surface area contributed by atoms with Crippen molar-refractivity contribution < 1.29 is 13.9 Å². The lowest BCUT2D eigenvalue weighted by molar-refractivity contribution is -0.0678. The van der Waals surface area contributed by atoms with Gasteiger partial charge in [0, 0.05) is 13.7 Å². The molecule has 1 fully saturated rings. The van der Waals surface area contributed by atoms with E-state index in [0.29, 0.717) is 13.0 Å². The van der Waals surface area contributed by atoms with E-state index in [9.17, 15) is 4.39 Å². The molecule has 1 aliphatic heterocycles. The van der Waals surface area contributed by atoms with Crippen molar-refractivity contribution >= 4 is 0 Å². The van der Waals surface area contributed by atoms with Gasteiger partial charge in [-0.15, -0.1) is 0 Å². The Morgan fingerprint density at radius 1 is 1.67 bits per heavy atom. The number of alkyl halides is 1. The van der Waals surface area contributed by atoms with Crippen LogP contribution in [0, 0.1) is 0 Å². The zero-order valence-electron chi connectivity index (χ0n) is 5.47. The summed E-state index contributed by atoms with van der Waals surface area (Å²) in [7, 11) is 1.53. The first-order valence-corrected chi connectivity index (χ1v) is 3.09. The summed E-state index contributed by atoms with van der Waals surface area (Å²) >= 11 is 0. The smallest absolute Gasteiger partial charge is 0.149 e. The van der Waals surface area contributed by atoms with Crippen LogP contribution in [0.25, 0.3) is 0 Å². The number of hydrogen-bond donors (Lipinski definition) is 0. The normalized spacial score (nSPS) is 36.7. The number of ether oxygens (including phenoxy) is 2. The molecular formula is C6H11FO2. The fraction of sp³-hybridized carbons (Fsp3) is 1.00. The third-order valence-electron chi connectivity index (χ3n) is 1.53. The van der Waals surface area contributed by atoms with Gasteiger partial charge in [0.05, 0.1) is 12.7 Å². The Morgan fingerprint density at radius 2 is 2.44 bits per heavy atom. The van der Waals surface area contributed by atoms with Crippen LogP contribution >= 0.6 is 0 Å². The van der Waals surface area contributed by atoms with Crippen molar-refractivity contribution in [2.75, 3.05) is 20.3 Å². The Hall–Kier alpha value is -0.150. The highest BCUT2D eigenvalue weighted by Gasteiger charge is 2.24. The minimum Gasteiger partial charge on any atom is -0.378 e. The van der Waals surface area contributed by atoms with E-state index >= 15 is 0 Å². The monoisotopic (exact) mass is 134 g/mol. The van der Waals surface area contributed by atoms with E-state index in [-0.39, 0.29) is 12.7 Å². The van der Waals surface area contributed by atoms with E-state index in [1.54, 1.807) is 0 Å². The number of rotatable bonds is 1. The quantitative estimate of drug-likeness (QED) is 0.527. The fourth-order valence-corrected chi connectivity index (χ4v) is 0.949. The van der Waals surface area contributed by atoms with E-state index in [4.69, 9.17) is 9.47 Å². The molecule has 2 atom stereocenters. The van der Waals surface area contributed by atoms with Crippen molar-refractivity contribution in [2.24, 2.45) is 0 Å². The van der Waals surface area contributed by atoms with E-state index in [1.165, 1.54) is 7.11 Å². The van der Waals surface area contributed by atoms with Crippen LogP contribution in [0.3, 0.4) is 0 Å². The molecule has 0 saturated carbocycles. The van der Waals surface area contributed by atoms with E-state index < -0.39 is 6.17 Å². The topological polar surface area (TPSA) is 18.5 Å². The van der Waals surface area contributed by atoms with Gasteiger partial charge < -0.3 is 9.47 Å². The molecule has 2 nitrogen and oxygen atoms in total. The summed E-state index contributed by atoms with van der Waals surface area (Å²) in [6.07, 6.45) is -0.486. The molecule has 1 rings (SSSR count). The third-order valence-corrected chi connectivity index (χ3v) is 1.53. The van der Waals surface area contributed by atoms with Gasteiger partial charge in [-0.05, 0) is 6.42 Å². The molecule has 0 amide bonds. The summed E-state index contributed by atoms with van der Waals surface area (Å²) in [6.45, 7) is 0.817. The van der Waals surface area contributed by atoms with Crippen molar-refractivity contribution in [1.82, 2.24) is 0 Å². The molecule has 0 bridgehead atoms. The standard InChI is InChI=1S/C6H11FO2/c1-8-6-2-3-9-4-5(6)7/h5-6H,2-4H2,1H3. The minimum atomic E-state index is -0.927. The van der Waals surface area contributed by atoms with Crippen LogP contribution in [0.15, 0.2) is 0 Å². The Labute approximate surface area is 54.0 Å². The maximum atomic E-state index is 12.6. The van der Waals surface area contributed by atoms with Crippen molar-refractivity contribution in [3.05, 3.63) is 0 Å². The van der Waals surface area contributed by atoms with Gasteiger partial charge in [-0.2, -0.15) is 0 Å². The molecule has 1 saturated heterocycles. The van der Waals surface area contributed by atoms with Crippen molar-refractivity contribution in [2.45, 2.75) is 18.7 Å². The van der Waals surface area contributed by atoms with Crippen LogP contribution in [-0.4, -0.2) is 32.6 Å². The molecule has 0 aromatic carbocycles. The van der Waals surface area contributed by atoms with Crippen LogP contribution in [0.1, 0.15) is 6.42 Å². The van der Waals surface area contributed by atoms with Gasteiger partial charge >= 0.3 is 0 Å². The zero-order valence-corrected chi connectivity index (χ0v) is 5.47. The highest BCUT2D eigenvalue weighted by atomic mass is 19.1. The van der Waals surface area contributed by atoms with Gasteiger partial charge in [0.15, 0.2) is 0 Å². The van der Waals surface area contributed by atoms with Crippen LogP contribution in [0.2, 0.25) is 0 Å². The lowest BCUT2D eigenvalue weighted by Gasteiger charge is -2.24. The summed E-state index contributed by atoms with van der Waals surface area (Å²) in [6, 6.07) is 0. The maximum Gasteiger partial charge on any atom is 0.149 e. The van der Waals surface area contributed by atoms with Gasteiger partial charge in [-0.1, -0.05) is 0 Å². The van der Waals surface area contributed by atoms with Gasteiger partial charge in [0.25, 0.3) is 0 Å².